The number of nitrogens with one attached hydrogen (secondary N) is 11. The topological polar surface area (TPSA) is 414 Å². The maximum Gasteiger partial charge on any atom is 0.245 e. The molecular weight excluding hydrogens is 985 g/mol. The Kier molecular flexibility index (Phi) is 24.4. The summed E-state index contributed by atoms with van der Waals surface area (Å²) in [5.74, 6) is -7.80. The number of imidazole rings is 1. The van der Waals surface area contributed by atoms with Gasteiger partial charge in [-0.15, -0.1) is 0 Å². The van der Waals surface area contributed by atoms with Crippen molar-refractivity contribution in [2.24, 2.45) is 22.2 Å². The number of unbranched alkanes of at least 4 members (excludes halogenated alkanes) is 1. The van der Waals surface area contributed by atoms with Gasteiger partial charge in [0, 0.05) is 87.7 Å². The first-order valence-electron chi connectivity index (χ1n) is 24.9. The van der Waals surface area contributed by atoms with E-state index in [0.29, 0.717) is 29.7 Å². The molecule has 0 spiro atoms. The van der Waals surface area contributed by atoms with E-state index < -0.39 is 128 Å². The summed E-state index contributed by atoms with van der Waals surface area (Å²) in [5, 5.41) is 23.7. The molecule has 26 nitrogen and oxygen atoms in total. The van der Waals surface area contributed by atoms with E-state index in [1.807, 2.05) is 32.0 Å². The number of para-hydroxylation sites is 1. The quantitative estimate of drug-likeness (QED) is 0.0380. The second kappa shape index (κ2) is 31.0. The number of nitrogens with two attached hydrogens (primary N) is 3. The van der Waals surface area contributed by atoms with Gasteiger partial charge in [0.05, 0.1) is 12.9 Å². The molecular formula is C50H70N16O10. The second-order valence-corrected chi connectivity index (χ2v) is 17.8. The summed E-state index contributed by atoms with van der Waals surface area (Å²) in [4.78, 5) is 148. The summed E-state index contributed by atoms with van der Waals surface area (Å²) in [6, 6.07) is 7.74. The monoisotopic (exact) mass is 1050 g/mol. The fraction of sp³-hybridized carbons (Fsp3) is 0.440. The molecule has 1 aliphatic heterocycles. The Morgan fingerprint density at radius 2 is 1.41 bits per heavy atom. The molecule has 1 fully saturated rings. The maximum atomic E-state index is 14.2. The van der Waals surface area contributed by atoms with E-state index in [1.165, 1.54) is 19.4 Å². The Morgan fingerprint density at radius 1 is 0.737 bits per heavy atom. The van der Waals surface area contributed by atoms with E-state index in [1.54, 1.807) is 42.6 Å². The van der Waals surface area contributed by atoms with Crippen LogP contribution in [0.15, 0.2) is 78.3 Å². The molecule has 0 aliphatic carbocycles. The standard InChI is InChI=1S/C46H59N13O10.C4H11N3/c1-3-4-13-32(54-26(2)60)43(66)59-37-23-51-39(62)16-15-38(61)50-22-36(45(68)56-33(41(47)64)18-28-20-49-31-14-9-8-12-30(28)31)55-40(63)24-52-42(65)34(17-27-10-6-5-7-11-27)57-44(67)35(58-46(37)69)19-29-21-48-25-53-29;1-2-3-7-4(5)6/h5-12,14,20-21,25,32-37,49H,3-4,13,15-19,22-24H2,1-2H3,(H2,47,64)(H,48,53)(H,50,61)(H,51,62)(H,52,65)(H,54,60)(H,55,63)(H,56,68)(H,57,67)(H,58,69)(H,59,66);2-3H2,1H3,(H4,5,6,7)/t32-,33-,34?,35-,36?,37?;/m0./s1. The van der Waals surface area contributed by atoms with Gasteiger partial charge in [-0.3, -0.25) is 52.9 Å². The molecule has 1 saturated heterocycles. The molecule has 2 aromatic carbocycles. The van der Waals surface area contributed by atoms with E-state index in [9.17, 15) is 47.9 Å². The number of guanidine groups is 1. The van der Waals surface area contributed by atoms with E-state index >= 15 is 0 Å². The Hall–Kier alpha value is -8.84. The van der Waals surface area contributed by atoms with Crippen molar-refractivity contribution < 1.29 is 47.9 Å². The molecule has 26 heteroatoms. The minimum absolute atomic E-state index is 0.0268. The lowest BCUT2D eigenvalue weighted by Crippen LogP contribution is -2.61. The minimum atomic E-state index is -1.53. The Labute approximate surface area is 438 Å². The van der Waals surface area contributed by atoms with Crippen LogP contribution in [-0.2, 0) is 67.2 Å². The van der Waals surface area contributed by atoms with Crippen LogP contribution < -0.4 is 65.1 Å². The lowest BCUT2D eigenvalue weighted by Gasteiger charge is -2.26. The molecule has 3 heterocycles. The molecule has 0 radical (unpaired) electrons. The van der Waals surface area contributed by atoms with Crippen molar-refractivity contribution in [3.8, 4) is 0 Å². The van der Waals surface area contributed by atoms with Crippen molar-refractivity contribution in [1.29, 1.82) is 0 Å². The third kappa shape index (κ3) is 20.6. The maximum absolute atomic E-state index is 14.2. The largest absolute Gasteiger partial charge is 0.370 e. The van der Waals surface area contributed by atoms with Gasteiger partial charge in [0.15, 0.2) is 5.96 Å². The van der Waals surface area contributed by atoms with Crippen molar-refractivity contribution in [2.45, 2.75) is 115 Å². The van der Waals surface area contributed by atoms with E-state index in [0.717, 1.165) is 23.9 Å². The van der Waals surface area contributed by atoms with Gasteiger partial charge in [-0.25, -0.2) is 4.98 Å². The summed E-state index contributed by atoms with van der Waals surface area (Å²) in [7, 11) is 0. The van der Waals surface area contributed by atoms with Crippen LogP contribution in [0, 0.1) is 0 Å². The van der Waals surface area contributed by atoms with Crippen molar-refractivity contribution in [2.75, 3.05) is 26.2 Å². The number of primary amides is 1. The summed E-state index contributed by atoms with van der Waals surface area (Å²) >= 11 is 0. The molecule has 17 N–H and O–H groups in total. The van der Waals surface area contributed by atoms with Crippen molar-refractivity contribution in [1.82, 2.24) is 62.8 Å². The highest BCUT2D eigenvalue weighted by atomic mass is 16.2. The molecule has 5 rings (SSSR count). The first-order valence-corrected chi connectivity index (χ1v) is 24.9. The summed E-state index contributed by atoms with van der Waals surface area (Å²) < 4.78 is 0. The molecule has 76 heavy (non-hydrogen) atoms. The highest BCUT2D eigenvalue weighted by Crippen LogP contribution is 2.19. The predicted molar refractivity (Wildman–Crippen MR) is 280 cm³/mol. The zero-order valence-electron chi connectivity index (χ0n) is 42.8. The number of hydrogen-bond acceptors (Lipinski definition) is 12. The number of H-pyrrole nitrogens is 2. The molecule has 10 amide bonds. The van der Waals surface area contributed by atoms with E-state index in [2.05, 4.69) is 67.8 Å². The highest BCUT2D eigenvalue weighted by Gasteiger charge is 2.33. The van der Waals surface area contributed by atoms with Gasteiger partial charge in [0.25, 0.3) is 0 Å². The predicted octanol–water partition coefficient (Wildman–Crippen LogP) is -2.66. The lowest BCUT2D eigenvalue weighted by atomic mass is 10.0. The molecule has 2 aromatic heterocycles. The fourth-order valence-corrected chi connectivity index (χ4v) is 7.67. The first-order chi connectivity index (χ1) is 36.4. The van der Waals surface area contributed by atoms with Crippen LogP contribution in [0.25, 0.3) is 10.9 Å². The summed E-state index contributed by atoms with van der Waals surface area (Å²) in [6.07, 6.45) is 5.74. The molecule has 0 saturated carbocycles. The van der Waals surface area contributed by atoms with Crippen LogP contribution in [0.1, 0.15) is 76.1 Å². The smallest absolute Gasteiger partial charge is 0.245 e. The van der Waals surface area contributed by atoms with Gasteiger partial charge in [-0.1, -0.05) is 75.2 Å². The van der Waals surface area contributed by atoms with E-state index in [4.69, 9.17) is 17.2 Å². The zero-order chi connectivity index (χ0) is 55.6. The number of hydrogen-bond donors (Lipinski definition) is 14. The van der Waals surface area contributed by atoms with Crippen LogP contribution in [0.5, 0.6) is 0 Å². The second-order valence-electron chi connectivity index (χ2n) is 17.8. The molecule has 6 atom stereocenters. The fourth-order valence-electron chi connectivity index (χ4n) is 7.67. The van der Waals surface area contributed by atoms with Crippen molar-refractivity contribution in [3.05, 3.63) is 90.1 Å². The number of rotatable bonds is 17. The van der Waals surface area contributed by atoms with Gasteiger partial charge in [-0.2, -0.15) is 0 Å². The van der Waals surface area contributed by atoms with E-state index in [-0.39, 0.29) is 31.6 Å². The van der Waals surface area contributed by atoms with Crippen LogP contribution in [0.4, 0.5) is 0 Å². The van der Waals surface area contributed by atoms with Crippen LogP contribution >= 0.6 is 0 Å². The molecule has 1 aliphatic rings. The van der Waals surface area contributed by atoms with Crippen molar-refractivity contribution >= 4 is 75.9 Å². The van der Waals surface area contributed by atoms with Gasteiger partial charge < -0.3 is 75.0 Å². The third-order valence-corrected chi connectivity index (χ3v) is 11.6. The Balaban J connectivity index is 0.00000166. The van der Waals surface area contributed by atoms with Gasteiger partial charge >= 0.3 is 0 Å². The minimum Gasteiger partial charge on any atom is -0.370 e. The zero-order valence-corrected chi connectivity index (χ0v) is 42.8. The Bertz CT molecular complexity index is 2640. The van der Waals surface area contributed by atoms with Crippen LogP contribution in [-0.4, -0.2) is 142 Å². The average molecular weight is 1060 g/mol. The number of carbonyl (C=O) groups is 10. The number of aliphatic imine (C=N–C) groups is 1. The van der Waals surface area contributed by atoms with Gasteiger partial charge in [-0.05, 0) is 30.0 Å². The number of aromatic amines is 2. The van der Waals surface area contributed by atoms with Crippen LogP contribution in [0.2, 0.25) is 0 Å². The average Bonchev–Trinajstić information content (AvgIpc) is 4.07. The number of aromatic nitrogens is 3. The number of amides is 10. The van der Waals surface area contributed by atoms with Gasteiger partial charge in [0.2, 0.25) is 59.1 Å². The summed E-state index contributed by atoms with van der Waals surface area (Å²) in [6.45, 7) is 4.11. The van der Waals surface area contributed by atoms with Crippen molar-refractivity contribution in [3.63, 3.8) is 0 Å². The Morgan fingerprint density at radius 3 is 2.04 bits per heavy atom. The number of fused-ring (bicyclic) bond motifs is 1. The third-order valence-electron chi connectivity index (χ3n) is 11.6. The van der Waals surface area contributed by atoms with Crippen LogP contribution in [0.3, 0.4) is 0 Å². The molecule has 3 unspecified atom stereocenters. The molecule has 410 valence electrons. The SMILES string of the molecule is CCCC[C@H](NC(C)=O)C(=O)NC1CNC(=O)CCC(=O)NCC(C(=O)N[C@@H](Cc2c[nH]c3ccccc23)C(N)=O)NC(=O)CNC(=O)C(Cc2ccccc2)NC(=O)[C@H](Cc2cnc[nH]2)NC1=O.CCCN=C(N)N. The highest BCUT2D eigenvalue weighted by molar-refractivity contribution is 5.98. The lowest BCUT2D eigenvalue weighted by molar-refractivity contribution is -0.135. The normalized spacial score (nSPS) is 18.9. The first kappa shape index (κ1) is 59.7. The number of carbonyl (C=O) groups excluding carboxylic acids is 10. The summed E-state index contributed by atoms with van der Waals surface area (Å²) in [5.41, 5.74) is 18.2. The molecule has 0 bridgehead atoms. The number of nitrogens with zero attached hydrogens (tertiary/aromatic N) is 2. The molecule has 4 aromatic rings. The number of benzene rings is 2. The van der Waals surface area contributed by atoms with Gasteiger partial charge in [0.1, 0.15) is 36.3 Å².